The molecule has 1 heterocycles. The van der Waals surface area contributed by atoms with Crippen LogP contribution in [-0.2, 0) is 39.9 Å². The monoisotopic (exact) mass is 561 g/mol. The number of carbonyl (C=O) groups excluding carboxylic acids is 6. The van der Waals surface area contributed by atoms with Gasteiger partial charge < -0.3 is 26.4 Å². The summed E-state index contributed by atoms with van der Waals surface area (Å²) in [6.07, 6.45) is 2.74. The topological polar surface area (TPSA) is 201 Å². The van der Waals surface area contributed by atoms with E-state index in [0.717, 1.165) is 5.56 Å². The number of hydrogen-bond donors (Lipinski definition) is 6. The quantitative estimate of drug-likeness (QED) is 0.0604. The first kappa shape index (κ1) is 32.3. The van der Waals surface area contributed by atoms with E-state index in [1.54, 1.807) is 0 Å². The van der Waals surface area contributed by atoms with E-state index in [2.05, 4.69) is 26.6 Å². The fourth-order valence-electron chi connectivity index (χ4n) is 3.86. The third-order valence-electron chi connectivity index (χ3n) is 5.88. The molecule has 7 N–H and O–H groups in total. The summed E-state index contributed by atoms with van der Waals surface area (Å²) in [5, 5.41) is 13.8. The normalized spacial score (nSPS) is 13.7. The van der Waals surface area contributed by atoms with Crippen LogP contribution in [0.3, 0.4) is 0 Å². The Kier molecular flexibility index (Phi) is 14.9. The Bertz CT molecular complexity index is 990. The summed E-state index contributed by atoms with van der Waals surface area (Å²) in [5.41, 5.74) is 5.92. The Morgan fingerprint density at radius 2 is 1.62 bits per heavy atom. The van der Waals surface area contributed by atoms with Gasteiger partial charge in [-0.05, 0) is 18.4 Å². The molecule has 0 saturated carbocycles. The molecule has 1 atom stereocenters. The maximum atomic E-state index is 12.5. The molecule has 0 aromatic heterocycles. The number of nitrogens with zero attached hydrogens (tertiary/aromatic N) is 1. The van der Waals surface area contributed by atoms with Crippen molar-refractivity contribution in [1.82, 2.24) is 31.5 Å². The summed E-state index contributed by atoms with van der Waals surface area (Å²) in [5.74, 6) is -1.80. The standard InChI is InChI=1S/C26H39N7O7/c27-20(34)16-40-18-31-23(36)15-29-21(13-19-7-3-1-4-8-19)32-24(37)14-28-17-30-22(35)9-5-2-6-12-33-25(38)10-11-26(33)39/h1,3-4,7-8,21,28-29H,2,5-6,9-18H2,(H2,27,34)(H,30,35)(H,31,36)(H,32,37). The molecule has 1 fully saturated rings. The predicted molar refractivity (Wildman–Crippen MR) is 144 cm³/mol. The Morgan fingerprint density at radius 3 is 2.33 bits per heavy atom. The van der Waals surface area contributed by atoms with Crippen molar-refractivity contribution in [1.29, 1.82) is 0 Å². The zero-order chi connectivity index (χ0) is 29.2. The average molecular weight is 562 g/mol. The molecule has 2 rings (SSSR count). The Morgan fingerprint density at radius 1 is 0.900 bits per heavy atom. The van der Waals surface area contributed by atoms with E-state index in [1.165, 1.54) is 4.90 Å². The van der Waals surface area contributed by atoms with Crippen LogP contribution in [0.4, 0.5) is 0 Å². The highest BCUT2D eigenvalue weighted by Crippen LogP contribution is 2.13. The number of rotatable bonds is 20. The van der Waals surface area contributed by atoms with E-state index in [0.29, 0.717) is 38.6 Å². The molecule has 0 aliphatic carbocycles. The van der Waals surface area contributed by atoms with Crippen LogP contribution in [0.15, 0.2) is 30.3 Å². The summed E-state index contributed by atoms with van der Waals surface area (Å²) in [6.45, 7) is -0.141. The molecule has 14 heteroatoms. The molecule has 1 aliphatic heterocycles. The lowest BCUT2D eigenvalue weighted by atomic mass is 10.1. The van der Waals surface area contributed by atoms with Gasteiger partial charge in [0.2, 0.25) is 35.4 Å². The van der Waals surface area contributed by atoms with Crippen molar-refractivity contribution in [2.45, 2.75) is 51.1 Å². The molecule has 0 bridgehead atoms. The summed E-state index contributed by atoms with van der Waals surface area (Å²) in [7, 11) is 0. The molecule has 1 aromatic rings. The lowest BCUT2D eigenvalue weighted by Gasteiger charge is -2.21. The predicted octanol–water partition coefficient (Wildman–Crippen LogP) is -1.79. The van der Waals surface area contributed by atoms with Crippen LogP contribution in [-0.4, -0.2) is 86.1 Å². The van der Waals surface area contributed by atoms with Gasteiger partial charge in [0.05, 0.1) is 25.9 Å². The Hall–Kier alpha value is -3.88. The Balaban J connectivity index is 1.62. The highest BCUT2D eigenvalue weighted by atomic mass is 16.5. The van der Waals surface area contributed by atoms with Crippen LogP contribution < -0.4 is 32.3 Å². The van der Waals surface area contributed by atoms with E-state index in [-0.39, 0.29) is 69.6 Å². The summed E-state index contributed by atoms with van der Waals surface area (Å²) in [4.78, 5) is 71.6. The highest BCUT2D eigenvalue weighted by Gasteiger charge is 2.27. The van der Waals surface area contributed by atoms with Gasteiger partial charge in [0.25, 0.3) is 0 Å². The fourth-order valence-corrected chi connectivity index (χ4v) is 3.86. The molecule has 1 aliphatic rings. The van der Waals surface area contributed by atoms with Crippen LogP contribution in [0.5, 0.6) is 0 Å². The summed E-state index contributed by atoms with van der Waals surface area (Å²) >= 11 is 0. The number of likely N-dealkylation sites (tertiary alicyclic amines) is 1. The van der Waals surface area contributed by atoms with Crippen molar-refractivity contribution < 1.29 is 33.5 Å². The maximum absolute atomic E-state index is 12.5. The molecule has 1 saturated heterocycles. The number of nitrogens with one attached hydrogen (secondary N) is 5. The number of primary amides is 1. The van der Waals surface area contributed by atoms with Gasteiger partial charge >= 0.3 is 0 Å². The van der Waals surface area contributed by atoms with Gasteiger partial charge in [-0.2, -0.15) is 0 Å². The highest BCUT2D eigenvalue weighted by molar-refractivity contribution is 6.01. The molecule has 40 heavy (non-hydrogen) atoms. The second-order valence-corrected chi connectivity index (χ2v) is 9.20. The average Bonchev–Trinajstić information content (AvgIpc) is 3.24. The number of nitrogens with two attached hydrogens (primary N) is 1. The van der Waals surface area contributed by atoms with E-state index in [1.807, 2.05) is 30.3 Å². The Labute approximate surface area is 233 Å². The number of unbranched alkanes of at least 4 members (excludes halogenated alkanes) is 2. The zero-order valence-corrected chi connectivity index (χ0v) is 22.5. The van der Waals surface area contributed by atoms with E-state index >= 15 is 0 Å². The van der Waals surface area contributed by atoms with Gasteiger partial charge in [-0.25, -0.2) is 0 Å². The summed E-state index contributed by atoms with van der Waals surface area (Å²) in [6, 6.07) is 9.42. The molecule has 14 nitrogen and oxygen atoms in total. The van der Waals surface area contributed by atoms with Gasteiger partial charge in [-0.1, -0.05) is 36.8 Å². The van der Waals surface area contributed by atoms with E-state index in [4.69, 9.17) is 10.5 Å². The van der Waals surface area contributed by atoms with E-state index in [9.17, 15) is 28.8 Å². The SMILES string of the molecule is NC(=O)COCNC(=O)CNC(Cc1ccccc1)NC(=O)CNCNC(=O)CCCCCN1C(=O)CCC1=O. The zero-order valence-electron chi connectivity index (χ0n) is 22.5. The van der Waals surface area contributed by atoms with Crippen LogP contribution in [0, 0.1) is 0 Å². The van der Waals surface area contributed by atoms with Gasteiger partial charge in [0, 0.05) is 32.2 Å². The maximum Gasteiger partial charge on any atom is 0.243 e. The molecule has 6 amide bonds. The molecule has 1 aromatic carbocycles. The minimum Gasteiger partial charge on any atom is -0.368 e. The van der Waals surface area contributed by atoms with Gasteiger partial charge in [0.15, 0.2) is 0 Å². The molecular formula is C26H39N7O7. The number of amides is 6. The molecule has 0 radical (unpaired) electrons. The molecule has 0 spiro atoms. The van der Waals surface area contributed by atoms with Crippen molar-refractivity contribution in [3.05, 3.63) is 35.9 Å². The number of ether oxygens (including phenoxy) is 1. The second-order valence-electron chi connectivity index (χ2n) is 9.20. The van der Waals surface area contributed by atoms with Crippen molar-refractivity contribution in [2.24, 2.45) is 5.73 Å². The van der Waals surface area contributed by atoms with Crippen LogP contribution in [0.25, 0.3) is 0 Å². The van der Waals surface area contributed by atoms with Crippen molar-refractivity contribution >= 4 is 35.4 Å². The molecule has 1 unspecified atom stereocenters. The van der Waals surface area contributed by atoms with Crippen LogP contribution >= 0.6 is 0 Å². The minimum absolute atomic E-state index is 0.0572. The largest absolute Gasteiger partial charge is 0.368 e. The lowest BCUT2D eigenvalue weighted by Crippen LogP contribution is -2.52. The van der Waals surface area contributed by atoms with Gasteiger partial charge in [0.1, 0.15) is 13.3 Å². The smallest absolute Gasteiger partial charge is 0.243 e. The van der Waals surface area contributed by atoms with Crippen molar-refractivity contribution in [3.63, 3.8) is 0 Å². The van der Waals surface area contributed by atoms with Crippen molar-refractivity contribution in [2.75, 3.05) is 39.6 Å². The van der Waals surface area contributed by atoms with Gasteiger partial charge in [-0.3, -0.25) is 44.3 Å². The third-order valence-corrected chi connectivity index (χ3v) is 5.88. The lowest BCUT2D eigenvalue weighted by molar-refractivity contribution is -0.138. The number of imide groups is 1. The third kappa shape index (κ3) is 13.8. The van der Waals surface area contributed by atoms with Crippen molar-refractivity contribution in [3.8, 4) is 0 Å². The second kappa shape index (κ2) is 18.4. The van der Waals surface area contributed by atoms with Crippen LogP contribution in [0.2, 0.25) is 0 Å². The number of benzene rings is 1. The number of carbonyl (C=O) groups is 6. The first-order valence-corrected chi connectivity index (χ1v) is 13.2. The summed E-state index contributed by atoms with van der Waals surface area (Å²) < 4.78 is 4.90. The van der Waals surface area contributed by atoms with Gasteiger partial charge in [-0.15, -0.1) is 0 Å². The first-order chi connectivity index (χ1) is 19.2. The number of hydrogen-bond acceptors (Lipinski definition) is 9. The fraction of sp³-hybridized carbons (Fsp3) is 0.538. The van der Waals surface area contributed by atoms with E-state index < -0.39 is 18.0 Å². The molecular weight excluding hydrogens is 522 g/mol. The van der Waals surface area contributed by atoms with Crippen LogP contribution in [0.1, 0.15) is 44.1 Å². The molecule has 220 valence electrons. The minimum atomic E-state index is -0.645. The first-order valence-electron chi connectivity index (χ1n) is 13.2.